The van der Waals surface area contributed by atoms with Crippen LogP contribution in [0.5, 0.6) is 0 Å². The molecule has 1 radical (unpaired) electrons. The van der Waals surface area contributed by atoms with E-state index in [1.165, 1.54) is 0 Å². The lowest BCUT2D eigenvalue weighted by Gasteiger charge is -2.28. The zero-order chi connectivity index (χ0) is 13.7. The number of ketones is 2. The van der Waals surface area contributed by atoms with Crippen LogP contribution in [0.3, 0.4) is 0 Å². The van der Waals surface area contributed by atoms with E-state index in [9.17, 15) is 9.59 Å². The van der Waals surface area contributed by atoms with E-state index in [0.29, 0.717) is 0 Å². The smallest absolute Gasteiger partial charge is 0.135 e. The van der Waals surface area contributed by atoms with Crippen LogP contribution in [0.4, 0.5) is 0 Å². The molecule has 0 aromatic rings. The van der Waals surface area contributed by atoms with Gasteiger partial charge in [-0.15, -0.1) is 0 Å². The Labute approximate surface area is 106 Å². The van der Waals surface area contributed by atoms with E-state index in [0.717, 1.165) is 32.1 Å². The van der Waals surface area contributed by atoms with Gasteiger partial charge in [0.1, 0.15) is 11.6 Å². The number of carbonyl (C=O) groups is 2. The van der Waals surface area contributed by atoms with Gasteiger partial charge in [-0.25, -0.2) is 0 Å². The van der Waals surface area contributed by atoms with Gasteiger partial charge in [-0.2, -0.15) is 0 Å². The average Bonchev–Trinajstić information content (AvgIpc) is 2.17. The van der Waals surface area contributed by atoms with Gasteiger partial charge in [-0.05, 0) is 33.1 Å². The number of carbonyl (C=O) groups excluding carboxylic acids is 2. The van der Waals surface area contributed by atoms with Crippen molar-refractivity contribution in [3.8, 4) is 0 Å². The van der Waals surface area contributed by atoms with Gasteiger partial charge in [0.15, 0.2) is 0 Å². The molecule has 2 heteroatoms. The van der Waals surface area contributed by atoms with E-state index in [1.807, 2.05) is 20.8 Å². The lowest BCUT2D eigenvalue weighted by Crippen LogP contribution is -2.27. The Bertz CT molecular complexity index is 279. The predicted octanol–water partition coefficient (Wildman–Crippen LogP) is 3.98. The van der Waals surface area contributed by atoms with Crippen molar-refractivity contribution < 1.29 is 9.59 Å². The Morgan fingerprint density at radius 1 is 0.941 bits per heavy atom. The summed E-state index contributed by atoms with van der Waals surface area (Å²) in [5.41, 5.74) is -0.517. The highest BCUT2D eigenvalue weighted by Gasteiger charge is 2.30. The third kappa shape index (κ3) is 5.01. The van der Waals surface area contributed by atoms with E-state index in [1.54, 1.807) is 13.8 Å². The summed E-state index contributed by atoms with van der Waals surface area (Å²) in [6.07, 6.45) is 4.24. The standard InChI is InChI=1S/C15H27O2/c1-7-9-15(6,13(3)17)11-8-10-14(4,5)12(2)16/h1,7-11H2,2-6H3. The van der Waals surface area contributed by atoms with E-state index in [2.05, 4.69) is 6.92 Å². The summed E-state index contributed by atoms with van der Waals surface area (Å²) in [5, 5.41) is 0. The first-order valence-corrected chi connectivity index (χ1v) is 6.47. The topological polar surface area (TPSA) is 34.1 Å². The summed E-state index contributed by atoms with van der Waals surface area (Å²) in [5.74, 6) is 0.459. The molecule has 2 nitrogen and oxygen atoms in total. The van der Waals surface area contributed by atoms with Gasteiger partial charge in [0.25, 0.3) is 0 Å². The normalized spacial score (nSPS) is 15.4. The third-order valence-corrected chi connectivity index (χ3v) is 4.06. The highest BCUT2D eigenvalue weighted by molar-refractivity contribution is 5.82. The van der Waals surface area contributed by atoms with Crippen LogP contribution in [0.25, 0.3) is 0 Å². The first-order chi connectivity index (χ1) is 7.65. The molecule has 0 saturated carbocycles. The second kappa shape index (κ2) is 6.32. The van der Waals surface area contributed by atoms with Gasteiger partial charge in [-0.1, -0.05) is 40.5 Å². The molecule has 1 unspecified atom stereocenters. The van der Waals surface area contributed by atoms with Crippen molar-refractivity contribution in [2.24, 2.45) is 10.8 Å². The third-order valence-electron chi connectivity index (χ3n) is 4.06. The monoisotopic (exact) mass is 239 g/mol. The Morgan fingerprint density at radius 2 is 1.47 bits per heavy atom. The lowest BCUT2D eigenvalue weighted by atomic mass is 9.75. The number of Topliss-reactive ketones (excluding diaryl/α,β-unsaturated/α-hetero) is 2. The fraction of sp³-hybridized carbons (Fsp3) is 0.800. The molecule has 17 heavy (non-hydrogen) atoms. The molecular weight excluding hydrogens is 212 g/mol. The van der Waals surface area contributed by atoms with Crippen molar-refractivity contribution in [3.05, 3.63) is 6.92 Å². The highest BCUT2D eigenvalue weighted by Crippen LogP contribution is 2.33. The Balaban J connectivity index is 4.35. The minimum absolute atomic E-state index is 0.221. The van der Waals surface area contributed by atoms with Crippen molar-refractivity contribution in [2.75, 3.05) is 0 Å². The summed E-state index contributed by atoms with van der Waals surface area (Å²) >= 11 is 0. The maximum absolute atomic E-state index is 11.7. The molecule has 0 rings (SSSR count). The van der Waals surface area contributed by atoms with Gasteiger partial charge in [0.2, 0.25) is 0 Å². The summed E-state index contributed by atoms with van der Waals surface area (Å²) < 4.78 is 0. The molecule has 1 atom stereocenters. The van der Waals surface area contributed by atoms with E-state index < -0.39 is 0 Å². The van der Waals surface area contributed by atoms with E-state index >= 15 is 0 Å². The first-order valence-electron chi connectivity index (χ1n) is 6.47. The molecule has 0 spiro atoms. The van der Waals surface area contributed by atoms with Gasteiger partial charge < -0.3 is 0 Å². The molecule has 0 bridgehead atoms. The van der Waals surface area contributed by atoms with Gasteiger partial charge >= 0.3 is 0 Å². The molecule has 0 aliphatic carbocycles. The molecule has 0 amide bonds. The van der Waals surface area contributed by atoms with Crippen molar-refractivity contribution in [1.29, 1.82) is 0 Å². The largest absolute Gasteiger partial charge is 0.299 e. The molecule has 0 N–H and O–H groups in total. The highest BCUT2D eigenvalue weighted by atomic mass is 16.1. The van der Waals surface area contributed by atoms with Gasteiger partial charge in [0.05, 0.1) is 0 Å². The summed E-state index contributed by atoms with van der Waals surface area (Å²) in [7, 11) is 0. The first kappa shape index (κ1) is 16.3. The average molecular weight is 239 g/mol. The molecule has 99 valence electrons. The van der Waals surface area contributed by atoms with Crippen molar-refractivity contribution in [1.82, 2.24) is 0 Å². The van der Waals surface area contributed by atoms with Crippen molar-refractivity contribution in [3.63, 3.8) is 0 Å². The van der Waals surface area contributed by atoms with Crippen LogP contribution in [0, 0.1) is 17.8 Å². The van der Waals surface area contributed by atoms with Crippen LogP contribution in [0.15, 0.2) is 0 Å². The number of hydrogen-bond donors (Lipinski definition) is 0. The van der Waals surface area contributed by atoms with Crippen LogP contribution in [0.2, 0.25) is 0 Å². The Kier molecular flexibility index (Phi) is 6.08. The fourth-order valence-electron chi connectivity index (χ4n) is 1.96. The molecule has 0 aromatic carbocycles. The molecule has 0 saturated heterocycles. The van der Waals surface area contributed by atoms with Crippen molar-refractivity contribution in [2.45, 2.75) is 66.7 Å². The molecular formula is C15H27O2. The zero-order valence-corrected chi connectivity index (χ0v) is 12.1. The Morgan fingerprint density at radius 3 is 1.82 bits per heavy atom. The molecule has 0 fully saturated rings. The lowest BCUT2D eigenvalue weighted by molar-refractivity contribution is -0.126. The maximum Gasteiger partial charge on any atom is 0.135 e. The number of rotatable bonds is 8. The number of hydrogen-bond acceptors (Lipinski definition) is 2. The minimum Gasteiger partial charge on any atom is -0.299 e. The van der Waals surface area contributed by atoms with E-state index in [-0.39, 0.29) is 22.4 Å². The van der Waals surface area contributed by atoms with Gasteiger partial charge in [-0.3, -0.25) is 9.59 Å². The van der Waals surface area contributed by atoms with Crippen LogP contribution < -0.4 is 0 Å². The van der Waals surface area contributed by atoms with Crippen LogP contribution in [-0.4, -0.2) is 11.6 Å². The van der Waals surface area contributed by atoms with Crippen LogP contribution in [0.1, 0.15) is 66.7 Å². The minimum atomic E-state index is -0.262. The van der Waals surface area contributed by atoms with Gasteiger partial charge in [0, 0.05) is 10.8 Å². The summed E-state index contributed by atoms with van der Waals surface area (Å²) in [6.45, 7) is 13.1. The summed E-state index contributed by atoms with van der Waals surface area (Å²) in [4.78, 5) is 23.1. The molecule has 0 heterocycles. The molecule has 0 aromatic heterocycles. The van der Waals surface area contributed by atoms with Crippen LogP contribution >= 0.6 is 0 Å². The maximum atomic E-state index is 11.7. The second-order valence-electron chi connectivity index (χ2n) is 6.01. The Hall–Kier alpha value is -0.660. The molecule has 0 aliphatic heterocycles. The fourth-order valence-corrected chi connectivity index (χ4v) is 1.96. The second-order valence-corrected chi connectivity index (χ2v) is 6.01. The zero-order valence-electron chi connectivity index (χ0n) is 12.1. The predicted molar refractivity (Wildman–Crippen MR) is 71.7 cm³/mol. The molecule has 0 aliphatic rings. The SMILES string of the molecule is [CH2]CCC(C)(CCCC(C)(C)C(C)=O)C(C)=O. The van der Waals surface area contributed by atoms with Crippen LogP contribution in [-0.2, 0) is 9.59 Å². The summed E-state index contributed by atoms with van der Waals surface area (Å²) in [6, 6.07) is 0. The van der Waals surface area contributed by atoms with E-state index in [4.69, 9.17) is 0 Å². The van der Waals surface area contributed by atoms with Crippen molar-refractivity contribution >= 4 is 11.6 Å². The quantitative estimate of drug-likeness (QED) is 0.642.